The highest BCUT2D eigenvalue weighted by atomic mass is 32.1. The van der Waals surface area contributed by atoms with E-state index < -0.39 is 0 Å². The third kappa shape index (κ3) is 1.97. The lowest BCUT2D eigenvalue weighted by atomic mass is 10.5. The minimum absolute atomic E-state index is 0.599. The second-order valence-corrected chi connectivity index (χ2v) is 3.64. The van der Waals surface area contributed by atoms with E-state index in [0.29, 0.717) is 5.13 Å². The number of nitrogens with two attached hydrogens (primary N) is 1. The van der Waals surface area contributed by atoms with Crippen LogP contribution in [0.4, 0.5) is 10.9 Å². The number of H-pyrrole nitrogens is 1. The van der Waals surface area contributed by atoms with Crippen molar-refractivity contribution in [2.24, 2.45) is 0 Å². The number of nitrogens with one attached hydrogen (secondary N) is 2. The van der Waals surface area contributed by atoms with Crippen LogP contribution in [0.5, 0.6) is 0 Å². The average Bonchev–Trinajstić information content (AvgIpc) is 2.71. The van der Waals surface area contributed by atoms with Crippen molar-refractivity contribution in [1.82, 2.24) is 15.2 Å². The summed E-state index contributed by atoms with van der Waals surface area (Å²) in [7, 11) is 0. The molecule has 2 heterocycles. The van der Waals surface area contributed by atoms with Gasteiger partial charge in [0.1, 0.15) is 5.82 Å². The van der Waals surface area contributed by atoms with Crippen LogP contribution in [0.2, 0.25) is 0 Å². The maximum Gasteiger partial charge on any atom is 0.180 e. The summed E-state index contributed by atoms with van der Waals surface area (Å²) in [6.07, 6.45) is 3.47. The molecule has 0 aliphatic heterocycles. The van der Waals surface area contributed by atoms with Gasteiger partial charge in [-0.25, -0.2) is 4.98 Å². The number of rotatable bonds is 3. The molecule has 4 N–H and O–H groups in total. The second kappa shape index (κ2) is 3.44. The molecule has 0 spiro atoms. The molecule has 0 fully saturated rings. The van der Waals surface area contributed by atoms with Crippen molar-refractivity contribution in [3.63, 3.8) is 0 Å². The average molecular weight is 195 g/mol. The van der Waals surface area contributed by atoms with Crippen LogP contribution < -0.4 is 11.1 Å². The van der Waals surface area contributed by atoms with Crippen molar-refractivity contribution in [2.45, 2.75) is 6.54 Å². The number of nitrogens with zero attached hydrogens (tertiary/aromatic N) is 2. The Hall–Kier alpha value is -1.56. The standard InChI is InChI=1S/C7H9N5S/c8-7-10-4-5(13-7)3-9-6-1-2-11-12-6/h1-2,4H,3H2,(H2,8,10)(H2,9,11,12). The fraction of sp³-hybridized carbons (Fsp3) is 0.143. The normalized spacial score (nSPS) is 10.2. The maximum atomic E-state index is 5.49. The number of thiazole rings is 1. The third-order valence-corrected chi connectivity index (χ3v) is 2.35. The predicted octanol–water partition coefficient (Wildman–Crippen LogP) is 1.06. The summed E-state index contributed by atoms with van der Waals surface area (Å²) in [6.45, 7) is 0.719. The van der Waals surface area contributed by atoms with Crippen LogP contribution in [-0.2, 0) is 6.54 Å². The van der Waals surface area contributed by atoms with Gasteiger partial charge in [-0.2, -0.15) is 5.10 Å². The zero-order chi connectivity index (χ0) is 9.10. The predicted molar refractivity (Wildman–Crippen MR) is 52.4 cm³/mol. The van der Waals surface area contributed by atoms with Gasteiger partial charge >= 0.3 is 0 Å². The molecule has 5 nitrogen and oxygen atoms in total. The van der Waals surface area contributed by atoms with Gasteiger partial charge in [-0.15, -0.1) is 11.3 Å². The second-order valence-electron chi connectivity index (χ2n) is 2.49. The lowest BCUT2D eigenvalue weighted by Gasteiger charge is -1.98. The minimum atomic E-state index is 0.599. The first-order valence-electron chi connectivity index (χ1n) is 3.78. The number of aromatic nitrogens is 3. The largest absolute Gasteiger partial charge is 0.375 e. The zero-order valence-corrected chi connectivity index (χ0v) is 7.64. The maximum absolute atomic E-state index is 5.49. The van der Waals surface area contributed by atoms with Crippen molar-refractivity contribution in [1.29, 1.82) is 0 Å². The van der Waals surface area contributed by atoms with Gasteiger partial charge in [0.2, 0.25) is 0 Å². The molecule has 0 aliphatic rings. The molecular weight excluding hydrogens is 186 g/mol. The zero-order valence-electron chi connectivity index (χ0n) is 6.82. The molecule has 0 saturated heterocycles. The van der Waals surface area contributed by atoms with Crippen LogP contribution in [0, 0.1) is 0 Å². The van der Waals surface area contributed by atoms with E-state index in [2.05, 4.69) is 20.5 Å². The molecule has 6 heteroatoms. The Morgan fingerprint density at radius 2 is 2.54 bits per heavy atom. The number of hydrogen-bond acceptors (Lipinski definition) is 5. The highest BCUT2D eigenvalue weighted by molar-refractivity contribution is 7.15. The fourth-order valence-electron chi connectivity index (χ4n) is 0.941. The van der Waals surface area contributed by atoms with Crippen molar-refractivity contribution in [2.75, 3.05) is 11.1 Å². The van der Waals surface area contributed by atoms with Crippen LogP contribution in [-0.4, -0.2) is 15.2 Å². The highest BCUT2D eigenvalue weighted by Crippen LogP contribution is 2.15. The van der Waals surface area contributed by atoms with E-state index in [1.165, 1.54) is 11.3 Å². The van der Waals surface area contributed by atoms with Gasteiger partial charge in [0.05, 0.1) is 12.7 Å². The molecule has 0 bridgehead atoms. The number of aromatic amines is 1. The van der Waals surface area contributed by atoms with E-state index in [4.69, 9.17) is 5.73 Å². The van der Waals surface area contributed by atoms with Crippen LogP contribution in [0.1, 0.15) is 4.88 Å². The summed E-state index contributed by atoms with van der Waals surface area (Å²) < 4.78 is 0. The molecule has 0 unspecified atom stereocenters. The van der Waals surface area contributed by atoms with Crippen LogP contribution in [0.15, 0.2) is 18.5 Å². The quantitative estimate of drug-likeness (QED) is 0.684. The van der Waals surface area contributed by atoms with E-state index in [9.17, 15) is 0 Å². The van der Waals surface area contributed by atoms with Gasteiger partial charge in [-0.05, 0) is 6.07 Å². The van der Waals surface area contributed by atoms with E-state index in [1.54, 1.807) is 12.4 Å². The monoisotopic (exact) mass is 195 g/mol. The first-order chi connectivity index (χ1) is 6.34. The Bertz CT molecular complexity index is 366. The number of anilines is 2. The smallest absolute Gasteiger partial charge is 0.180 e. The molecule has 0 radical (unpaired) electrons. The van der Waals surface area contributed by atoms with E-state index >= 15 is 0 Å². The number of hydrogen-bond donors (Lipinski definition) is 3. The molecule has 2 aromatic heterocycles. The van der Waals surface area contributed by atoms with Crippen molar-refractivity contribution in [3.8, 4) is 0 Å². The van der Waals surface area contributed by atoms with E-state index in [-0.39, 0.29) is 0 Å². The Morgan fingerprint density at radius 1 is 1.62 bits per heavy atom. The molecule has 68 valence electrons. The lowest BCUT2D eigenvalue weighted by molar-refractivity contribution is 1.06. The molecule has 0 saturated carbocycles. The summed E-state index contributed by atoms with van der Waals surface area (Å²) in [5.41, 5.74) is 5.49. The highest BCUT2D eigenvalue weighted by Gasteiger charge is 1.98. The van der Waals surface area contributed by atoms with Gasteiger partial charge in [0.15, 0.2) is 5.13 Å². The Morgan fingerprint density at radius 3 is 3.15 bits per heavy atom. The topological polar surface area (TPSA) is 79.6 Å². The Labute approximate surface area is 79.0 Å². The Kier molecular flexibility index (Phi) is 2.13. The van der Waals surface area contributed by atoms with E-state index in [0.717, 1.165) is 17.2 Å². The first-order valence-corrected chi connectivity index (χ1v) is 4.59. The van der Waals surface area contributed by atoms with Crippen molar-refractivity contribution >= 4 is 22.3 Å². The first kappa shape index (κ1) is 8.06. The third-order valence-electron chi connectivity index (χ3n) is 1.53. The summed E-state index contributed by atoms with van der Waals surface area (Å²) in [6, 6.07) is 1.87. The van der Waals surface area contributed by atoms with Gasteiger partial charge in [0, 0.05) is 11.1 Å². The molecule has 0 amide bonds. The molecule has 2 aromatic rings. The molecule has 0 aromatic carbocycles. The van der Waals surface area contributed by atoms with Crippen LogP contribution >= 0.6 is 11.3 Å². The number of nitrogen functional groups attached to an aromatic ring is 1. The van der Waals surface area contributed by atoms with Crippen molar-refractivity contribution < 1.29 is 0 Å². The molecule has 0 atom stereocenters. The van der Waals surface area contributed by atoms with E-state index in [1.807, 2.05) is 6.07 Å². The summed E-state index contributed by atoms with van der Waals surface area (Å²) in [4.78, 5) is 5.05. The van der Waals surface area contributed by atoms with Gasteiger partial charge in [0.25, 0.3) is 0 Å². The molecule has 2 rings (SSSR count). The van der Waals surface area contributed by atoms with Gasteiger partial charge < -0.3 is 11.1 Å². The molecular formula is C7H9N5S. The Balaban J connectivity index is 1.93. The van der Waals surface area contributed by atoms with Gasteiger partial charge in [-0.3, -0.25) is 5.10 Å². The van der Waals surface area contributed by atoms with Crippen molar-refractivity contribution in [3.05, 3.63) is 23.3 Å². The molecule has 13 heavy (non-hydrogen) atoms. The SMILES string of the molecule is Nc1ncc(CNc2ccn[nH]2)s1. The summed E-state index contributed by atoms with van der Waals surface area (Å²) in [5.74, 6) is 0.895. The lowest BCUT2D eigenvalue weighted by Crippen LogP contribution is -1.97. The molecule has 0 aliphatic carbocycles. The summed E-state index contributed by atoms with van der Waals surface area (Å²) in [5, 5.41) is 10.4. The summed E-state index contributed by atoms with van der Waals surface area (Å²) >= 11 is 1.48. The minimum Gasteiger partial charge on any atom is -0.375 e. The van der Waals surface area contributed by atoms with Gasteiger partial charge in [-0.1, -0.05) is 0 Å². The van der Waals surface area contributed by atoms with Crippen LogP contribution in [0.3, 0.4) is 0 Å². The van der Waals surface area contributed by atoms with Crippen LogP contribution in [0.25, 0.3) is 0 Å². The fourth-order valence-corrected chi connectivity index (χ4v) is 1.56.